The van der Waals surface area contributed by atoms with Crippen LogP contribution in [0.15, 0.2) is 30.5 Å². The van der Waals surface area contributed by atoms with Crippen LogP contribution in [0.25, 0.3) is 11.6 Å². The molecule has 1 unspecified atom stereocenters. The highest BCUT2D eigenvalue weighted by molar-refractivity contribution is 6.34. The number of anilines is 1. The van der Waals surface area contributed by atoms with Crippen molar-refractivity contribution in [3.63, 3.8) is 0 Å². The standard InChI is InChI=1S/C23H26FN3O4/c1-5-31-20(14(4)28)8-9-25-23(30)21-12(2)19(26-13(21)3)11-17-16-10-15(24)6-7-18(16)27-22(17)29/h6-7,10-11,20,26,28H,4-5,8-9H2,1-3H3,(H,25,30)(H,27,29)/b17-11-. The second-order valence-electron chi connectivity index (χ2n) is 7.35. The van der Waals surface area contributed by atoms with Crippen LogP contribution in [0.3, 0.4) is 0 Å². The first-order valence-corrected chi connectivity index (χ1v) is 10.0. The number of ether oxygens (including phenoxy) is 1. The Morgan fingerprint density at radius 3 is 2.81 bits per heavy atom. The highest BCUT2D eigenvalue weighted by Crippen LogP contribution is 2.34. The summed E-state index contributed by atoms with van der Waals surface area (Å²) in [6, 6.07) is 4.12. The van der Waals surface area contributed by atoms with Crippen LogP contribution in [0.5, 0.6) is 0 Å². The van der Waals surface area contributed by atoms with Gasteiger partial charge < -0.3 is 25.5 Å². The van der Waals surface area contributed by atoms with Crippen LogP contribution < -0.4 is 10.6 Å². The van der Waals surface area contributed by atoms with Gasteiger partial charge in [-0.15, -0.1) is 0 Å². The largest absolute Gasteiger partial charge is 0.510 e. The maximum absolute atomic E-state index is 13.7. The van der Waals surface area contributed by atoms with E-state index in [2.05, 4.69) is 22.2 Å². The molecule has 1 aromatic carbocycles. The van der Waals surface area contributed by atoms with E-state index in [1.807, 2.05) is 6.92 Å². The van der Waals surface area contributed by atoms with E-state index in [0.717, 1.165) is 0 Å². The molecule has 2 aromatic rings. The number of carbonyl (C=O) groups excluding carboxylic acids is 2. The molecule has 0 radical (unpaired) electrons. The summed E-state index contributed by atoms with van der Waals surface area (Å²) in [7, 11) is 0. The smallest absolute Gasteiger partial charge is 0.256 e. The van der Waals surface area contributed by atoms with Crippen LogP contribution >= 0.6 is 0 Å². The van der Waals surface area contributed by atoms with Crippen LogP contribution in [0.2, 0.25) is 0 Å². The molecule has 0 aliphatic carbocycles. The van der Waals surface area contributed by atoms with Gasteiger partial charge in [0.15, 0.2) is 0 Å². The number of aromatic amines is 1. The van der Waals surface area contributed by atoms with E-state index >= 15 is 0 Å². The normalized spacial score (nSPS) is 15.0. The zero-order chi connectivity index (χ0) is 22.7. The van der Waals surface area contributed by atoms with Crippen molar-refractivity contribution in [2.24, 2.45) is 0 Å². The summed E-state index contributed by atoms with van der Waals surface area (Å²) in [6.07, 6.45) is 1.47. The second-order valence-corrected chi connectivity index (χ2v) is 7.35. The van der Waals surface area contributed by atoms with E-state index in [1.165, 1.54) is 18.2 Å². The summed E-state index contributed by atoms with van der Waals surface area (Å²) in [4.78, 5) is 28.2. The van der Waals surface area contributed by atoms with Crippen molar-refractivity contribution in [1.82, 2.24) is 10.3 Å². The molecule has 2 amide bonds. The maximum Gasteiger partial charge on any atom is 0.256 e. The summed E-state index contributed by atoms with van der Waals surface area (Å²) in [5.74, 6) is -1.12. The van der Waals surface area contributed by atoms with E-state index < -0.39 is 11.9 Å². The molecule has 0 bridgehead atoms. The third-order valence-electron chi connectivity index (χ3n) is 5.19. The minimum atomic E-state index is -0.541. The van der Waals surface area contributed by atoms with E-state index in [0.29, 0.717) is 58.9 Å². The molecule has 1 aromatic heterocycles. The molecule has 2 heterocycles. The van der Waals surface area contributed by atoms with Crippen molar-refractivity contribution in [3.05, 3.63) is 64.4 Å². The fourth-order valence-corrected chi connectivity index (χ4v) is 3.66. The Morgan fingerprint density at radius 2 is 2.13 bits per heavy atom. The molecule has 7 nitrogen and oxygen atoms in total. The first-order valence-electron chi connectivity index (χ1n) is 10.0. The van der Waals surface area contributed by atoms with Gasteiger partial charge in [-0.2, -0.15) is 0 Å². The number of halogens is 1. The van der Waals surface area contributed by atoms with Gasteiger partial charge in [0.1, 0.15) is 17.7 Å². The first kappa shape index (κ1) is 22.3. The van der Waals surface area contributed by atoms with E-state index in [-0.39, 0.29) is 17.6 Å². The average molecular weight is 427 g/mol. The number of benzene rings is 1. The summed E-state index contributed by atoms with van der Waals surface area (Å²) in [5, 5.41) is 15.1. The van der Waals surface area contributed by atoms with Gasteiger partial charge >= 0.3 is 0 Å². The quantitative estimate of drug-likeness (QED) is 0.379. The Hall–Kier alpha value is -3.39. The number of fused-ring (bicyclic) bond motifs is 1. The van der Waals surface area contributed by atoms with Gasteiger partial charge in [-0.1, -0.05) is 6.58 Å². The number of H-pyrrole nitrogens is 1. The number of amides is 2. The van der Waals surface area contributed by atoms with Gasteiger partial charge in [0.2, 0.25) is 0 Å². The lowest BCUT2D eigenvalue weighted by atomic mass is 10.0. The average Bonchev–Trinajstić information content (AvgIpc) is 3.16. The summed E-state index contributed by atoms with van der Waals surface area (Å²) >= 11 is 0. The molecule has 8 heteroatoms. The molecule has 0 saturated heterocycles. The molecule has 1 aliphatic heterocycles. The fourth-order valence-electron chi connectivity index (χ4n) is 3.66. The van der Waals surface area contributed by atoms with Crippen LogP contribution in [-0.4, -0.2) is 41.2 Å². The lowest BCUT2D eigenvalue weighted by Crippen LogP contribution is -2.29. The summed E-state index contributed by atoms with van der Waals surface area (Å²) in [5.41, 5.74) is 3.74. The van der Waals surface area contributed by atoms with E-state index in [4.69, 9.17) is 4.74 Å². The molecular formula is C23H26FN3O4. The number of carbonyl (C=O) groups is 2. The first-order chi connectivity index (χ1) is 14.7. The number of hydrogen-bond donors (Lipinski definition) is 4. The fraction of sp³-hybridized carbons (Fsp3) is 0.304. The SMILES string of the molecule is C=C(O)C(CCNC(=O)c1c(C)[nH]c(/C=C2\C(=O)Nc3ccc(F)cc32)c1C)OCC. The topological polar surface area (TPSA) is 103 Å². The molecule has 0 spiro atoms. The molecular weight excluding hydrogens is 401 g/mol. The molecule has 3 rings (SSSR count). The Morgan fingerprint density at radius 1 is 1.39 bits per heavy atom. The number of nitrogens with one attached hydrogen (secondary N) is 3. The van der Waals surface area contributed by atoms with Gasteiger partial charge in [0, 0.05) is 35.8 Å². The predicted molar refractivity (Wildman–Crippen MR) is 117 cm³/mol. The van der Waals surface area contributed by atoms with Crippen LogP contribution in [0, 0.1) is 19.7 Å². The lowest BCUT2D eigenvalue weighted by Gasteiger charge is -2.16. The highest BCUT2D eigenvalue weighted by atomic mass is 19.1. The molecule has 1 atom stereocenters. The van der Waals surface area contributed by atoms with Gasteiger partial charge in [0.25, 0.3) is 11.8 Å². The number of aliphatic hydroxyl groups excluding tert-OH is 1. The number of aryl methyl sites for hydroxylation is 1. The molecule has 0 fully saturated rings. The minimum Gasteiger partial charge on any atom is -0.510 e. The predicted octanol–water partition coefficient (Wildman–Crippen LogP) is 3.86. The summed E-state index contributed by atoms with van der Waals surface area (Å²) in [6.45, 7) is 9.57. The van der Waals surface area contributed by atoms with Crippen molar-refractivity contribution in [2.75, 3.05) is 18.5 Å². The Labute approximate surface area is 180 Å². The number of hydrogen-bond acceptors (Lipinski definition) is 4. The third kappa shape index (κ3) is 4.69. The van der Waals surface area contributed by atoms with Crippen LogP contribution in [0.4, 0.5) is 10.1 Å². The Balaban J connectivity index is 1.79. The number of aliphatic hydroxyl groups is 1. The lowest BCUT2D eigenvalue weighted by molar-refractivity contribution is -0.110. The van der Waals surface area contributed by atoms with Crippen molar-refractivity contribution in [1.29, 1.82) is 0 Å². The monoisotopic (exact) mass is 427 g/mol. The van der Waals surface area contributed by atoms with Crippen molar-refractivity contribution < 1.29 is 23.8 Å². The number of rotatable bonds is 8. The van der Waals surface area contributed by atoms with Gasteiger partial charge in [-0.25, -0.2) is 4.39 Å². The molecule has 4 N–H and O–H groups in total. The minimum absolute atomic E-state index is 0.0782. The third-order valence-corrected chi connectivity index (χ3v) is 5.19. The molecule has 1 aliphatic rings. The molecule has 0 saturated carbocycles. The second kappa shape index (κ2) is 9.18. The number of aromatic nitrogens is 1. The van der Waals surface area contributed by atoms with Crippen molar-refractivity contribution >= 4 is 29.2 Å². The molecule has 31 heavy (non-hydrogen) atoms. The van der Waals surface area contributed by atoms with Crippen molar-refractivity contribution in [3.8, 4) is 0 Å². The van der Waals surface area contributed by atoms with Crippen LogP contribution in [0.1, 0.15) is 46.2 Å². The highest BCUT2D eigenvalue weighted by Gasteiger charge is 2.26. The summed E-state index contributed by atoms with van der Waals surface area (Å²) < 4.78 is 19.1. The van der Waals surface area contributed by atoms with Gasteiger partial charge in [0.05, 0.1) is 11.1 Å². The van der Waals surface area contributed by atoms with Crippen LogP contribution in [-0.2, 0) is 9.53 Å². The molecule has 164 valence electrons. The maximum atomic E-state index is 13.7. The zero-order valence-electron chi connectivity index (χ0n) is 17.8. The van der Waals surface area contributed by atoms with E-state index in [1.54, 1.807) is 19.9 Å². The Bertz CT molecular complexity index is 1070. The van der Waals surface area contributed by atoms with Gasteiger partial charge in [-0.3, -0.25) is 9.59 Å². The van der Waals surface area contributed by atoms with Gasteiger partial charge in [-0.05, 0) is 57.0 Å². The van der Waals surface area contributed by atoms with E-state index in [9.17, 15) is 19.1 Å². The Kier molecular flexibility index (Phi) is 6.60. The zero-order valence-corrected chi connectivity index (χ0v) is 17.8. The van der Waals surface area contributed by atoms with Crippen molar-refractivity contribution in [2.45, 2.75) is 33.3 Å².